The van der Waals surface area contributed by atoms with E-state index in [9.17, 15) is 22.8 Å². The standard InChI is InChI=1S/C22H24ClN3O5S/c1-14(2)24-21(28)15(3)25(12-16-7-6-8-17(23)11-16)20(27)13-26-22(29)18-9-4-5-10-19(18)32(26,30)31/h4-11,14-15H,12-13H2,1-3H3,(H,24,28). The van der Waals surface area contributed by atoms with E-state index in [0.717, 1.165) is 0 Å². The number of nitrogens with one attached hydrogen (secondary N) is 1. The van der Waals surface area contributed by atoms with Gasteiger partial charge in [-0.1, -0.05) is 35.9 Å². The largest absolute Gasteiger partial charge is 0.352 e. The predicted octanol–water partition coefficient (Wildman–Crippen LogP) is 2.43. The van der Waals surface area contributed by atoms with Crippen molar-refractivity contribution in [1.29, 1.82) is 0 Å². The van der Waals surface area contributed by atoms with Crippen LogP contribution in [0.5, 0.6) is 0 Å². The molecule has 8 nitrogen and oxygen atoms in total. The molecule has 10 heteroatoms. The number of carbonyl (C=O) groups excluding carboxylic acids is 3. The Labute approximate surface area is 192 Å². The molecule has 1 unspecified atom stereocenters. The first-order chi connectivity index (χ1) is 15.0. The van der Waals surface area contributed by atoms with Crippen LogP contribution in [0, 0.1) is 0 Å². The lowest BCUT2D eigenvalue weighted by Crippen LogP contribution is -2.52. The van der Waals surface area contributed by atoms with Gasteiger partial charge in [0.15, 0.2) is 0 Å². The molecule has 1 aliphatic heterocycles. The molecule has 0 aromatic heterocycles. The second-order valence-electron chi connectivity index (χ2n) is 7.80. The van der Waals surface area contributed by atoms with Gasteiger partial charge in [-0.15, -0.1) is 0 Å². The predicted molar refractivity (Wildman–Crippen MR) is 119 cm³/mol. The Morgan fingerprint density at radius 1 is 1.09 bits per heavy atom. The van der Waals surface area contributed by atoms with E-state index >= 15 is 0 Å². The van der Waals surface area contributed by atoms with Gasteiger partial charge in [-0.2, -0.15) is 0 Å². The van der Waals surface area contributed by atoms with Crippen LogP contribution in [0.1, 0.15) is 36.7 Å². The van der Waals surface area contributed by atoms with E-state index in [0.29, 0.717) is 14.9 Å². The molecule has 0 spiro atoms. The Balaban J connectivity index is 1.90. The monoisotopic (exact) mass is 477 g/mol. The SMILES string of the molecule is CC(C)NC(=O)C(C)N(Cc1cccc(Cl)c1)C(=O)CN1C(=O)c2ccccc2S1(=O)=O. The molecular weight excluding hydrogens is 454 g/mol. The molecule has 0 fully saturated rings. The van der Waals surface area contributed by atoms with Crippen LogP contribution < -0.4 is 5.32 Å². The summed E-state index contributed by atoms with van der Waals surface area (Å²) in [6.07, 6.45) is 0. The molecule has 1 heterocycles. The third-order valence-electron chi connectivity index (χ3n) is 5.03. The van der Waals surface area contributed by atoms with Gasteiger partial charge in [-0.3, -0.25) is 14.4 Å². The minimum Gasteiger partial charge on any atom is -0.352 e. The van der Waals surface area contributed by atoms with Crippen LogP contribution in [0.25, 0.3) is 0 Å². The first kappa shape index (κ1) is 23.7. The number of hydrogen-bond acceptors (Lipinski definition) is 5. The van der Waals surface area contributed by atoms with Gasteiger partial charge in [0.1, 0.15) is 17.5 Å². The van der Waals surface area contributed by atoms with Crippen molar-refractivity contribution in [3.63, 3.8) is 0 Å². The van der Waals surface area contributed by atoms with E-state index in [-0.39, 0.29) is 23.0 Å². The van der Waals surface area contributed by atoms with Gasteiger partial charge < -0.3 is 10.2 Å². The molecule has 0 bridgehead atoms. The summed E-state index contributed by atoms with van der Waals surface area (Å²) in [5, 5.41) is 3.21. The normalized spacial score (nSPS) is 15.4. The van der Waals surface area contributed by atoms with E-state index in [1.165, 1.54) is 23.1 Å². The lowest BCUT2D eigenvalue weighted by molar-refractivity contribution is -0.140. The van der Waals surface area contributed by atoms with Crippen molar-refractivity contribution >= 4 is 39.3 Å². The number of benzene rings is 2. The summed E-state index contributed by atoms with van der Waals surface area (Å²) in [6.45, 7) is 4.44. The Morgan fingerprint density at radius 2 is 1.78 bits per heavy atom. The van der Waals surface area contributed by atoms with Crippen molar-refractivity contribution in [2.45, 2.75) is 44.3 Å². The first-order valence-corrected chi connectivity index (χ1v) is 11.8. The van der Waals surface area contributed by atoms with Crippen LogP contribution in [0.3, 0.4) is 0 Å². The minimum atomic E-state index is -4.15. The molecule has 2 aromatic rings. The van der Waals surface area contributed by atoms with Gasteiger partial charge in [0, 0.05) is 17.6 Å². The highest BCUT2D eigenvalue weighted by molar-refractivity contribution is 7.90. The quantitative estimate of drug-likeness (QED) is 0.659. The molecule has 3 amide bonds. The van der Waals surface area contributed by atoms with Crippen molar-refractivity contribution in [2.75, 3.05) is 6.54 Å². The third kappa shape index (κ3) is 4.78. The highest BCUT2D eigenvalue weighted by Crippen LogP contribution is 2.30. The molecule has 2 aromatic carbocycles. The first-order valence-electron chi connectivity index (χ1n) is 10.0. The molecule has 3 rings (SSSR count). The van der Waals surface area contributed by atoms with E-state index in [2.05, 4.69) is 5.32 Å². The Hall–Kier alpha value is -2.91. The zero-order valence-corrected chi connectivity index (χ0v) is 19.5. The smallest absolute Gasteiger partial charge is 0.269 e. The Bertz CT molecular complexity index is 1170. The van der Waals surface area contributed by atoms with Crippen molar-refractivity contribution in [3.8, 4) is 0 Å². The van der Waals surface area contributed by atoms with Crippen LogP contribution in [0.2, 0.25) is 5.02 Å². The van der Waals surface area contributed by atoms with Crippen LogP contribution in [-0.2, 0) is 26.2 Å². The molecule has 0 aliphatic carbocycles. The summed E-state index contributed by atoms with van der Waals surface area (Å²) in [4.78, 5) is 39.7. The average Bonchev–Trinajstić information content (AvgIpc) is 2.92. The number of halogens is 1. The third-order valence-corrected chi connectivity index (χ3v) is 7.05. The molecule has 0 saturated carbocycles. The lowest BCUT2D eigenvalue weighted by atomic mass is 10.1. The van der Waals surface area contributed by atoms with Crippen LogP contribution in [0.15, 0.2) is 53.4 Å². The Kier molecular flexibility index (Phi) is 6.90. The molecule has 1 N–H and O–H groups in total. The number of nitrogens with zero attached hydrogens (tertiary/aromatic N) is 2. The number of rotatable bonds is 7. The number of fused-ring (bicyclic) bond motifs is 1. The van der Waals surface area contributed by atoms with Gasteiger partial charge in [0.25, 0.3) is 15.9 Å². The fourth-order valence-corrected chi connectivity index (χ4v) is 5.15. The van der Waals surface area contributed by atoms with Gasteiger partial charge in [-0.05, 0) is 50.6 Å². The molecule has 1 aliphatic rings. The summed E-state index contributed by atoms with van der Waals surface area (Å²) in [5.74, 6) is -1.84. The van der Waals surface area contributed by atoms with E-state index in [1.807, 2.05) is 0 Å². The molecule has 32 heavy (non-hydrogen) atoms. The fourth-order valence-electron chi connectivity index (χ4n) is 3.42. The summed E-state index contributed by atoms with van der Waals surface area (Å²) < 4.78 is 26.2. The van der Waals surface area contributed by atoms with E-state index in [4.69, 9.17) is 11.6 Å². The summed E-state index contributed by atoms with van der Waals surface area (Å²) in [5.41, 5.74) is 0.682. The lowest BCUT2D eigenvalue weighted by Gasteiger charge is -2.30. The molecular formula is C22H24ClN3O5S. The highest BCUT2D eigenvalue weighted by Gasteiger charge is 2.43. The van der Waals surface area contributed by atoms with Gasteiger partial charge in [0.2, 0.25) is 11.8 Å². The second kappa shape index (κ2) is 9.30. The van der Waals surface area contributed by atoms with Gasteiger partial charge in [-0.25, -0.2) is 12.7 Å². The van der Waals surface area contributed by atoms with Crippen molar-refractivity contribution < 1.29 is 22.8 Å². The fraction of sp³-hybridized carbons (Fsp3) is 0.318. The minimum absolute atomic E-state index is 0.0150. The maximum atomic E-state index is 13.3. The second-order valence-corrected chi connectivity index (χ2v) is 10.1. The maximum Gasteiger partial charge on any atom is 0.269 e. The average molecular weight is 478 g/mol. The number of amides is 3. The van der Waals surface area contributed by atoms with Crippen LogP contribution in [-0.4, -0.2) is 54.0 Å². The molecule has 1 atom stereocenters. The topological polar surface area (TPSA) is 104 Å². The van der Waals surface area contributed by atoms with Crippen molar-refractivity contribution in [3.05, 3.63) is 64.7 Å². The van der Waals surface area contributed by atoms with Gasteiger partial charge in [0.05, 0.1) is 5.56 Å². The summed E-state index contributed by atoms with van der Waals surface area (Å²) in [6, 6.07) is 11.5. The number of hydrogen-bond donors (Lipinski definition) is 1. The van der Waals surface area contributed by atoms with Crippen LogP contribution >= 0.6 is 11.6 Å². The van der Waals surface area contributed by atoms with Gasteiger partial charge >= 0.3 is 0 Å². The molecule has 170 valence electrons. The molecule has 0 saturated heterocycles. The van der Waals surface area contributed by atoms with Crippen LogP contribution in [0.4, 0.5) is 0 Å². The van der Waals surface area contributed by atoms with E-state index < -0.39 is 40.3 Å². The highest BCUT2D eigenvalue weighted by atomic mass is 35.5. The number of carbonyl (C=O) groups is 3. The van der Waals surface area contributed by atoms with E-state index in [1.54, 1.807) is 51.1 Å². The zero-order valence-electron chi connectivity index (χ0n) is 17.9. The summed E-state index contributed by atoms with van der Waals surface area (Å²) >= 11 is 6.05. The zero-order chi connectivity index (χ0) is 23.6. The molecule has 0 radical (unpaired) electrons. The number of sulfonamides is 1. The van der Waals surface area contributed by atoms with Crippen molar-refractivity contribution in [1.82, 2.24) is 14.5 Å². The Morgan fingerprint density at radius 3 is 2.41 bits per heavy atom. The maximum absolute atomic E-state index is 13.3. The summed E-state index contributed by atoms with van der Waals surface area (Å²) in [7, 11) is -4.15. The van der Waals surface area contributed by atoms with Crippen molar-refractivity contribution in [2.24, 2.45) is 0 Å².